The number of hydrogen-bond acceptors (Lipinski definition) is 3. The molecule has 0 amide bonds. The van der Waals surface area contributed by atoms with Gasteiger partial charge in [-0.1, -0.05) is 36.5 Å². The molecule has 0 atom stereocenters. The standard InChI is InChI=1S/C14H19Cl2NO3S/c1-2-5-14(6-7-14)9-17-21(19,20)12-4-3-11(15)10(8-18)13(12)16/h3-4,17-18H,2,5-9H2,1H3. The van der Waals surface area contributed by atoms with E-state index in [-0.39, 0.29) is 25.9 Å². The van der Waals surface area contributed by atoms with Crippen molar-refractivity contribution in [2.75, 3.05) is 6.54 Å². The molecule has 0 aromatic heterocycles. The molecule has 0 unspecified atom stereocenters. The average molecular weight is 352 g/mol. The van der Waals surface area contributed by atoms with Crippen molar-refractivity contribution >= 4 is 33.2 Å². The number of halogens is 2. The molecule has 0 saturated heterocycles. The maximum absolute atomic E-state index is 12.4. The van der Waals surface area contributed by atoms with Gasteiger partial charge in [-0.3, -0.25) is 0 Å². The molecule has 21 heavy (non-hydrogen) atoms. The Morgan fingerprint density at radius 3 is 2.52 bits per heavy atom. The molecule has 0 radical (unpaired) electrons. The van der Waals surface area contributed by atoms with Crippen LogP contribution in [0.3, 0.4) is 0 Å². The fraction of sp³-hybridized carbons (Fsp3) is 0.571. The van der Waals surface area contributed by atoms with Crippen molar-refractivity contribution in [3.8, 4) is 0 Å². The smallest absolute Gasteiger partial charge is 0.242 e. The molecule has 1 aromatic rings. The van der Waals surface area contributed by atoms with Gasteiger partial charge in [-0.05, 0) is 36.8 Å². The third-order valence-electron chi connectivity index (χ3n) is 3.97. The number of hydrogen-bond donors (Lipinski definition) is 2. The molecule has 0 aliphatic heterocycles. The van der Waals surface area contributed by atoms with E-state index in [1.54, 1.807) is 0 Å². The highest BCUT2D eigenvalue weighted by atomic mass is 35.5. The van der Waals surface area contributed by atoms with E-state index in [0.717, 1.165) is 25.7 Å². The summed E-state index contributed by atoms with van der Waals surface area (Å²) in [4.78, 5) is -0.0371. The van der Waals surface area contributed by atoms with E-state index in [2.05, 4.69) is 11.6 Å². The molecule has 1 aromatic carbocycles. The van der Waals surface area contributed by atoms with Crippen LogP contribution in [0, 0.1) is 5.41 Å². The van der Waals surface area contributed by atoms with Gasteiger partial charge in [0.25, 0.3) is 0 Å². The molecule has 1 fully saturated rings. The van der Waals surface area contributed by atoms with Gasteiger partial charge in [-0.15, -0.1) is 0 Å². The van der Waals surface area contributed by atoms with Gasteiger partial charge in [0.2, 0.25) is 10.0 Å². The van der Waals surface area contributed by atoms with Crippen molar-refractivity contribution in [2.45, 2.75) is 44.1 Å². The molecule has 1 saturated carbocycles. The molecule has 2 N–H and O–H groups in total. The van der Waals surface area contributed by atoms with Crippen LogP contribution in [0.2, 0.25) is 10.0 Å². The lowest BCUT2D eigenvalue weighted by Crippen LogP contribution is -2.30. The summed E-state index contributed by atoms with van der Waals surface area (Å²) in [6, 6.07) is 2.80. The molecule has 0 heterocycles. The van der Waals surface area contributed by atoms with E-state index in [0.29, 0.717) is 6.54 Å². The zero-order chi connectivity index (χ0) is 15.7. The van der Waals surface area contributed by atoms with E-state index < -0.39 is 16.6 Å². The van der Waals surface area contributed by atoms with Crippen LogP contribution in [0.1, 0.15) is 38.2 Å². The SMILES string of the molecule is CCCC1(CNS(=O)(=O)c2ccc(Cl)c(CO)c2Cl)CC1. The first-order chi connectivity index (χ1) is 9.85. The van der Waals surface area contributed by atoms with E-state index in [9.17, 15) is 13.5 Å². The van der Waals surface area contributed by atoms with Crippen LogP contribution in [0.5, 0.6) is 0 Å². The first kappa shape index (κ1) is 17.0. The Balaban J connectivity index is 2.20. The van der Waals surface area contributed by atoms with Gasteiger partial charge in [-0.25, -0.2) is 13.1 Å². The maximum Gasteiger partial charge on any atom is 0.242 e. The number of sulfonamides is 1. The third-order valence-corrected chi connectivity index (χ3v) is 6.31. The first-order valence-electron chi connectivity index (χ1n) is 6.92. The number of nitrogens with one attached hydrogen (secondary N) is 1. The summed E-state index contributed by atoms with van der Waals surface area (Å²) in [6.45, 7) is 2.12. The Hall–Kier alpha value is -0.330. The van der Waals surface area contributed by atoms with E-state index in [1.807, 2.05) is 0 Å². The molecule has 118 valence electrons. The molecule has 2 rings (SSSR count). The van der Waals surface area contributed by atoms with Crippen molar-refractivity contribution in [1.29, 1.82) is 0 Å². The summed E-state index contributed by atoms with van der Waals surface area (Å²) in [7, 11) is -3.70. The number of aliphatic hydroxyl groups is 1. The summed E-state index contributed by atoms with van der Waals surface area (Å²) in [5, 5.41) is 9.48. The summed E-state index contributed by atoms with van der Waals surface area (Å²) < 4.78 is 27.4. The second-order valence-corrected chi connectivity index (χ2v) is 8.09. The maximum atomic E-state index is 12.4. The molecule has 4 nitrogen and oxygen atoms in total. The highest BCUT2D eigenvalue weighted by Gasteiger charge is 2.42. The zero-order valence-electron chi connectivity index (χ0n) is 11.8. The predicted octanol–water partition coefficient (Wildman–Crippen LogP) is 3.34. The predicted molar refractivity (Wildman–Crippen MR) is 84.1 cm³/mol. The van der Waals surface area contributed by atoms with Gasteiger partial charge in [0.05, 0.1) is 11.6 Å². The van der Waals surface area contributed by atoms with Crippen LogP contribution in [0.4, 0.5) is 0 Å². The minimum Gasteiger partial charge on any atom is -0.392 e. The molecule has 0 bridgehead atoms. The fourth-order valence-electron chi connectivity index (χ4n) is 2.48. The van der Waals surface area contributed by atoms with Crippen LogP contribution in [0.25, 0.3) is 0 Å². The normalized spacial score (nSPS) is 17.0. The highest BCUT2D eigenvalue weighted by Crippen LogP contribution is 2.49. The van der Waals surface area contributed by atoms with Crippen LogP contribution in [-0.2, 0) is 16.6 Å². The molecule has 1 aliphatic carbocycles. The third kappa shape index (κ3) is 3.71. The molecular weight excluding hydrogens is 333 g/mol. The van der Waals surface area contributed by atoms with Crippen molar-refractivity contribution in [1.82, 2.24) is 4.72 Å². The Bertz CT molecular complexity index is 627. The average Bonchev–Trinajstić information content (AvgIpc) is 3.18. The van der Waals surface area contributed by atoms with Gasteiger partial charge < -0.3 is 5.11 Å². The van der Waals surface area contributed by atoms with Gasteiger partial charge in [-0.2, -0.15) is 0 Å². The van der Waals surface area contributed by atoms with E-state index in [4.69, 9.17) is 23.2 Å². The summed E-state index contributed by atoms with van der Waals surface area (Å²) in [5.41, 5.74) is 0.344. The lowest BCUT2D eigenvalue weighted by atomic mass is 10.0. The Kier molecular flexibility index (Phi) is 5.21. The van der Waals surface area contributed by atoms with Crippen LogP contribution >= 0.6 is 23.2 Å². The monoisotopic (exact) mass is 351 g/mol. The minimum absolute atomic E-state index is 0.0159. The molecular formula is C14H19Cl2NO3S. The molecule has 1 aliphatic rings. The number of benzene rings is 1. The summed E-state index contributed by atoms with van der Waals surface area (Å²) in [6.07, 6.45) is 4.17. The first-order valence-corrected chi connectivity index (χ1v) is 9.16. The van der Waals surface area contributed by atoms with Crippen molar-refractivity contribution < 1.29 is 13.5 Å². The lowest BCUT2D eigenvalue weighted by Gasteiger charge is -2.16. The van der Waals surface area contributed by atoms with Gasteiger partial charge in [0, 0.05) is 17.1 Å². The Morgan fingerprint density at radius 1 is 1.33 bits per heavy atom. The molecule has 0 spiro atoms. The van der Waals surface area contributed by atoms with Crippen molar-refractivity contribution in [2.24, 2.45) is 5.41 Å². The second kappa shape index (κ2) is 6.42. The number of aliphatic hydroxyl groups excluding tert-OH is 1. The largest absolute Gasteiger partial charge is 0.392 e. The van der Waals surface area contributed by atoms with Crippen LogP contribution in [0.15, 0.2) is 17.0 Å². The number of rotatable bonds is 7. The summed E-state index contributed by atoms with van der Waals surface area (Å²) >= 11 is 12.0. The topological polar surface area (TPSA) is 66.4 Å². The van der Waals surface area contributed by atoms with E-state index in [1.165, 1.54) is 12.1 Å². The van der Waals surface area contributed by atoms with Crippen LogP contribution in [-0.4, -0.2) is 20.1 Å². The van der Waals surface area contributed by atoms with Crippen LogP contribution < -0.4 is 4.72 Å². The highest BCUT2D eigenvalue weighted by molar-refractivity contribution is 7.89. The zero-order valence-corrected chi connectivity index (χ0v) is 14.2. The van der Waals surface area contributed by atoms with E-state index >= 15 is 0 Å². The van der Waals surface area contributed by atoms with Gasteiger partial charge in [0.1, 0.15) is 4.90 Å². The molecule has 7 heteroatoms. The fourth-order valence-corrected chi connectivity index (χ4v) is 4.53. The quantitative estimate of drug-likeness (QED) is 0.791. The van der Waals surface area contributed by atoms with Gasteiger partial charge >= 0.3 is 0 Å². The van der Waals surface area contributed by atoms with Crippen molar-refractivity contribution in [3.63, 3.8) is 0 Å². The lowest BCUT2D eigenvalue weighted by molar-refractivity contribution is 0.281. The second-order valence-electron chi connectivity index (χ2n) is 5.57. The Labute approximate surface area is 135 Å². The minimum atomic E-state index is -3.70. The summed E-state index contributed by atoms with van der Waals surface area (Å²) in [5.74, 6) is 0. The van der Waals surface area contributed by atoms with Crippen molar-refractivity contribution in [3.05, 3.63) is 27.7 Å². The van der Waals surface area contributed by atoms with Gasteiger partial charge in [0.15, 0.2) is 0 Å². The Morgan fingerprint density at radius 2 is 2.00 bits per heavy atom.